The summed E-state index contributed by atoms with van der Waals surface area (Å²) in [6.45, 7) is 1.58. The third-order valence-electron chi connectivity index (χ3n) is 2.82. The first-order chi connectivity index (χ1) is 8.04. The molecule has 0 spiro atoms. The Hall–Kier alpha value is -1.16. The monoisotopic (exact) mass is 243 g/mol. The molecule has 2 N–H and O–H groups in total. The molecule has 1 aromatic rings. The molecular weight excluding hydrogens is 224 g/mol. The second-order valence-electron chi connectivity index (χ2n) is 4.16. The van der Waals surface area contributed by atoms with Crippen LogP contribution < -0.4 is 10.5 Å². The van der Waals surface area contributed by atoms with Crippen molar-refractivity contribution in [3.63, 3.8) is 0 Å². The fourth-order valence-corrected chi connectivity index (χ4v) is 1.74. The normalized spacial score (nSPS) is 10.9. The average molecular weight is 243 g/mol. The lowest BCUT2D eigenvalue weighted by atomic mass is 10.0. The highest BCUT2D eigenvalue weighted by Crippen LogP contribution is 2.26. The van der Waals surface area contributed by atoms with Crippen LogP contribution in [0.25, 0.3) is 0 Å². The van der Waals surface area contributed by atoms with Crippen LogP contribution in [-0.2, 0) is 6.42 Å². The van der Waals surface area contributed by atoms with Gasteiger partial charge in [0.2, 0.25) is 0 Å². The summed E-state index contributed by atoms with van der Waals surface area (Å²) >= 11 is 0. The highest BCUT2D eigenvalue weighted by atomic mass is 19.3. The number of rotatable bonds is 6. The molecule has 0 unspecified atom stereocenters. The molecule has 0 aliphatic carbocycles. The van der Waals surface area contributed by atoms with E-state index < -0.39 is 6.61 Å². The van der Waals surface area contributed by atoms with E-state index in [2.05, 4.69) is 4.74 Å². The number of hydrogen-bond acceptors (Lipinski definition) is 2. The number of halogens is 2. The predicted octanol–water partition coefficient (Wildman–Crippen LogP) is 3.19. The van der Waals surface area contributed by atoms with Gasteiger partial charge in [0.1, 0.15) is 5.75 Å². The summed E-state index contributed by atoms with van der Waals surface area (Å²) in [6.07, 6.45) is 2.75. The summed E-state index contributed by atoms with van der Waals surface area (Å²) in [4.78, 5) is 0. The molecule has 0 amide bonds. The molecule has 0 aliphatic heterocycles. The fourth-order valence-electron chi connectivity index (χ4n) is 1.74. The van der Waals surface area contributed by atoms with Gasteiger partial charge in [-0.2, -0.15) is 8.78 Å². The minimum atomic E-state index is -2.77. The van der Waals surface area contributed by atoms with E-state index in [0.717, 1.165) is 36.0 Å². The number of ether oxygens (including phenoxy) is 1. The van der Waals surface area contributed by atoms with Gasteiger partial charge in [0, 0.05) is 0 Å². The van der Waals surface area contributed by atoms with Gasteiger partial charge in [-0.15, -0.1) is 0 Å². The van der Waals surface area contributed by atoms with Crippen LogP contribution in [0.3, 0.4) is 0 Å². The van der Waals surface area contributed by atoms with Crippen LogP contribution in [0.15, 0.2) is 12.1 Å². The number of unbranched alkanes of at least 4 members (excludes halogenated alkanes) is 1. The van der Waals surface area contributed by atoms with Crippen LogP contribution in [0.2, 0.25) is 0 Å². The first-order valence-electron chi connectivity index (χ1n) is 5.79. The van der Waals surface area contributed by atoms with Crippen LogP contribution in [0, 0.1) is 13.8 Å². The van der Waals surface area contributed by atoms with Gasteiger partial charge in [0.15, 0.2) is 0 Å². The molecule has 0 fully saturated rings. The van der Waals surface area contributed by atoms with Gasteiger partial charge in [-0.25, -0.2) is 0 Å². The highest BCUT2D eigenvalue weighted by Gasteiger charge is 2.10. The quantitative estimate of drug-likeness (QED) is 0.779. The number of benzene rings is 1. The lowest BCUT2D eigenvalue weighted by Gasteiger charge is -2.12. The maximum atomic E-state index is 12.2. The number of hydrogen-bond donors (Lipinski definition) is 1. The van der Waals surface area contributed by atoms with Crippen molar-refractivity contribution < 1.29 is 13.5 Å². The Morgan fingerprint density at radius 3 is 2.53 bits per heavy atom. The highest BCUT2D eigenvalue weighted by molar-refractivity contribution is 5.42. The van der Waals surface area contributed by atoms with Gasteiger partial charge in [-0.3, -0.25) is 0 Å². The molecule has 2 nitrogen and oxygen atoms in total. The van der Waals surface area contributed by atoms with Crippen molar-refractivity contribution in [1.82, 2.24) is 0 Å². The summed E-state index contributed by atoms with van der Waals surface area (Å²) in [5.74, 6) is 0.280. The molecule has 0 atom stereocenters. The average Bonchev–Trinajstić information content (AvgIpc) is 2.25. The van der Waals surface area contributed by atoms with Crippen LogP contribution in [0.5, 0.6) is 5.75 Å². The van der Waals surface area contributed by atoms with Gasteiger partial charge < -0.3 is 10.5 Å². The molecule has 0 heterocycles. The summed E-state index contributed by atoms with van der Waals surface area (Å²) in [5, 5.41) is 0. The lowest BCUT2D eigenvalue weighted by Crippen LogP contribution is -2.05. The van der Waals surface area contributed by atoms with Crippen molar-refractivity contribution >= 4 is 0 Å². The molecule has 0 saturated heterocycles. The Balaban J connectivity index is 2.82. The lowest BCUT2D eigenvalue weighted by molar-refractivity contribution is -0.0503. The minimum Gasteiger partial charge on any atom is -0.435 e. The van der Waals surface area contributed by atoms with E-state index in [1.807, 2.05) is 13.0 Å². The zero-order valence-corrected chi connectivity index (χ0v) is 10.3. The van der Waals surface area contributed by atoms with Crippen molar-refractivity contribution in [3.8, 4) is 5.75 Å². The number of aryl methyl sites for hydroxylation is 2. The topological polar surface area (TPSA) is 35.2 Å². The number of alkyl halides is 2. The van der Waals surface area contributed by atoms with E-state index in [9.17, 15) is 8.78 Å². The van der Waals surface area contributed by atoms with Gasteiger partial charge in [0.25, 0.3) is 0 Å². The van der Waals surface area contributed by atoms with Crippen molar-refractivity contribution in [1.29, 1.82) is 0 Å². The van der Waals surface area contributed by atoms with E-state index in [-0.39, 0.29) is 5.75 Å². The standard InChI is InChI=1S/C13H19F2NO/c1-9-7-11(5-3-4-6-16)8-12(10(9)2)17-13(14)15/h7-8,13H,3-6,16H2,1-2H3. The SMILES string of the molecule is Cc1cc(CCCCN)cc(OC(F)F)c1C. The Morgan fingerprint density at radius 2 is 1.94 bits per heavy atom. The first-order valence-corrected chi connectivity index (χ1v) is 5.79. The molecule has 96 valence electrons. The molecular formula is C13H19F2NO. The van der Waals surface area contributed by atoms with Crippen LogP contribution in [0.1, 0.15) is 29.5 Å². The summed E-state index contributed by atoms with van der Waals surface area (Å²) in [7, 11) is 0. The van der Waals surface area contributed by atoms with Crippen molar-refractivity contribution in [2.75, 3.05) is 6.54 Å². The van der Waals surface area contributed by atoms with Crippen molar-refractivity contribution in [2.45, 2.75) is 39.7 Å². The minimum absolute atomic E-state index is 0.280. The molecule has 1 rings (SSSR count). The molecule has 0 bridgehead atoms. The van der Waals surface area contributed by atoms with Crippen LogP contribution in [0.4, 0.5) is 8.78 Å². The van der Waals surface area contributed by atoms with E-state index in [0.29, 0.717) is 6.54 Å². The van der Waals surface area contributed by atoms with E-state index >= 15 is 0 Å². The predicted molar refractivity (Wildman–Crippen MR) is 64.5 cm³/mol. The van der Waals surface area contributed by atoms with Gasteiger partial charge in [0.05, 0.1) is 0 Å². The zero-order valence-electron chi connectivity index (χ0n) is 10.3. The zero-order chi connectivity index (χ0) is 12.8. The Labute approximate surface area is 101 Å². The number of nitrogens with two attached hydrogens (primary N) is 1. The molecule has 0 radical (unpaired) electrons. The van der Waals surface area contributed by atoms with E-state index in [1.54, 1.807) is 13.0 Å². The second-order valence-corrected chi connectivity index (χ2v) is 4.16. The summed E-state index contributed by atoms with van der Waals surface area (Å²) in [6, 6.07) is 3.72. The van der Waals surface area contributed by atoms with E-state index in [1.165, 1.54) is 0 Å². The smallest absolute Gasteiger partial charge is 0.387 e. The Bertz CT molecular complexity index is 367. The van der Waals surface area contributed by atoms with Gasteiger partial charge in [-0.1, -0.05) is 6.07 Å². The Kier molecular flexibility index (Phi) is 5.35. The third kappa shape index (κ3) is 4.30. The van der Waals surface area contributed by atoms with Crippen molar-refractivity contribution in [3.05, 3.63) is 28.8 Å². The third-order valence-corrected chi connectivity index (χ3v) is 2.82. The van der Waals surface area contributed by atoms with Crippen LogP contribution in [-0.4, -0.2) is 13.2 Å². The summed E-state index contributed by atoms with van der Waals surface area (Å²) < 4.78 is 29.0. The molecule has 0 saturated carbocycles. The van der Waals surface area contributed by atoms with E-state index in [4.69, 9.17) is 5.73 Å². The maximum Gasteiger partial charge on any atom is 0.387 e. The Morgan fingerprint density at radius 1 is 1.24 bits per heavy atom. The summed E-state index contributed by atoms with van der Waals surface area (Å²) in [5.41, 5.74) is 8.19. The molecule has 17 heavy (non-hydrogen) atoms. The van der Waals surface area contributed by atoms with Crippen LogP contribution >= 0.6 is 0 Å². The fraction of sp³-hybridized carbons (Fsp3) is 0.538. The molecule has 0 aliphatic rings. The second kappa shape index (κ2) is 6.55. The van der Waals surface area contributed by atoms with Crippen molar-refractivity contribution in [2.24, 2.45) is 5.73 Å². The molecule has 4 heteroatoms. The maximum absolute atomic E-state index is 12.2. The molecule has 1 aromatic carbocycles. The van der Waals surface area contributed by atoms with Gasteiger partial charge in [-0.05, 0) is 62.4 Å². The largest absolute Gasteiger partial charge is 0.435 e. The first kappa shape index (κ1) is 13.9. The molecule has 0 aromatic heterocycles. The van der Waals surface area contributed by atoms with Gasteiger partial charge >= 0.3 is 6.61 Å².